The Bertz CT molecular complexity index is 305. The highest BCUT2D eigenvalue weighted by molar-refractivity contribution is 5.62. The molecule has 13 heavy (non-hydrogen) atoms. The molecule has 0 spiro atoms. The fraction of sp³-hybridized carbons (Fsp3) is 0.300. The average molecular weight is 180 g/mol. The van der Waals surface area contributed by atoms with E-state index >= 15 is 0 Å². The van der Waals surface area contributed by atoms with E-state index in [2.05, 4.69) is 0 Å². The summed E-state index contributed by atoms with van der Waals surface area (Å²) in [5.41, 5.74) is -0.835. The smallest absolute Gasteiger partial charge is 0.151 e. The third-order valence-electron chi connectivity index (χ3n) is 1.79. The highest BCUT2D eigenvalue weighted by Gasteiger charge is 2.20. The first kappa shape index (κ1) is 9.74. The molecular weight excluding hydrogens is 168 g/mol. The molecule has 0 saturated heterocycles. The van der Waals surface area contributed by atoms with Crippen LogP contribution in [0.5, 0.6) is 5.75 Å². The summed E-state index contributed by atoms with van der Waals surface area (Å²) in [5.74, 6) is 0.102. The Morgan fingerprint density at radius 3 is 2.62 bits per heavy atom. The number of para-hydroxylation sites is 1. The molecule has 2 N–H and O–H groups in total. The molecule has 0 saturated carbocycles. The van der Waals surface area contributed by atoms with Gasteiger partial charge in [-0.1, -0.05) is 18.2 Å². The van der Waals surface area contributed by atoms with Crippen LogP contribution in [0.4, 0.5) is 0 Å². The number of carbonyl (C=O) groups excluding carboxylic acids is 1. The summed E-state index contributed by atoms with van der Waals surface area (Å²) in [6.45, 7) is 1.41. The van der Waals surface area contributed by atoms with Gasteiger partial charge in [0.05, 0.1) is 0 Å². The SMILES string of the molecule is CC(O)(C=O)Cc1ccccc1O. The molecule has 0 amide bonds. The predicted octanol–water partition coefficient (Wildman–Crippen LogP) is 0.885. The molecule has 0 heterocycles. The molecule has 0 aliphatic rings. The summed E-state index contributed by atoms with van der Waals surface area (Å²) in [5, 5.41) is 18.8. The van der Waals surface area contributed by atoms with E-state index in [-0.39, 0.29) is 12.2 Å². The van der Waals surface area contributed by atoms with Crippen LogP contribution in [-0.2, 0) is 11.2 Å². The number of phenols is 1. The Morgan fingerprint density at radius 1 is 1.46 bits per heavy atom. The Morgan fingerprint density at radius 2 is 2.08 bits per heavy atom. The number of aromatic hydroxyl groups is 1. The molecule has 3 heteroatoms. The summed E-state index contributed by atoms with van der Waals surface area (Å²) < 4.78 is 0. The van der Waals surface area contributed by atoms with Crippen LogP contribution in [0.3, 0.4) is 0 Å². The zero-order valence-corrected chi connectivity index (χ0v) is 7.40. The van der Waals surface area contributed by atoms with E-state index in [1.807, 2.05) is 0 Å². The number of aldehydes is 1. The molecule has 0 fully saturated rings. The van der Waals surface area contributed by atoms with Gasteiger partial charge in [0.2, 0.25) is 0 Å². The van der Waals surface area contributed by atoms with Crippen LogP contribution in [0.2, 0.25) is 0 Å². The Hall–Kier alpha value is -1.35. The molecule has 1 unspecified atom stereocenters. The zero-order chi connectivity index (χ0) is 9.90. The lowest BCUT2D eigenvalue weighted by Gasteiger charge is -2.15. The molecule has 0 radical (unpaired) electrons. The first-order valence-corrected chi connectivity index (χ1v) is 4.01. The van der Waals surface area contributed by atoms with E-state index in [0.717, 1.165) is 0 Å². The lowest BCUT2D eigenvalue weighted by atomic mass is 9.98. The van der Waals surface area contributed by atoms with Crippen molar-refractivity contribution in [1.29, 1.82) is 0 Å². The third-order valence-corrected chi connectivity index (χ3v) is 1.79. The quantitative estimate of drug-likeness (QED) is 0.679. The van der Waals surface area contributed by atoms with Gasteiger partial charge in [-0.05, 0) is 18.6 Å². The minimum Gasteiger partial charge on any atom is -0.508 e. The van der Waals surface area contributed by atoms with Gasteiger partial charge in [0.25, 0.3) is 0 Å². The van der Waals surface area contributed by atoms with Crippen molar-refractivity contribution >= 4 is 6.29 Å². The first-order chi connectivity index (χ1) is 6.05. The molecule has 0 aromatic heterocycles. The van der Waals surface area contributed by atoms with Crippen LogP contribution in [0.15, 0.2) is 24.3 Å². The van der Waals surface area contributed by atoms with E-state index in [0.29, 0.717) is 11.8 Å². The minimum absolute atomic E-state index is 0.102. The van der Waals surface area contributed by atoms with Crippen LogP contribution in [0.1, 0.15) is 12.5 Å². The lowest BCUT2D eigenvalue weighted by Crippen LogP contribution is -2.28. The number of carbonyl (C=O) groups is 1. The topological polar surface area (TPSA) is 57.5 Å². The Labute approximate surface area is 76.6 Å². The van der Waals surface area contributed by atoms with Gasteiger partial charge in [0.15, 0.2) is 6.29 Å². The summed E-state index contributed by atoms with van der Waals surface area (Å²) in [4.78, 5) is 10.4. The standard InChI is InChI=1S/C10H12O3/c1-10(13,7-11)6-8-4-2-3-5-9(8)12/h2-5,7,12-13H,6H2,1H3. The molecule has 0 aliphatic heterocycles. The van der Waals surface area contributed by atoms with E-state index in [1.54, 1.807) is 18.2 Å². The molecule has 0 bridgehead atoms. The molecule has 1 aromatic rings. The number of rotatable bonds is 3. The molecular formula is C10H12O3. The maximum absolute atomic E-state index is 10.4. The molecule has 0 aliphatic carbocycles. The second kappa shape index (κ2) is 3.58. The summed E-state index contributed by atoms with van der Waals surface area (Å²) in [6.07, 6.45) is 0.600. The van der Waals surface area contributed by atoms with E-state index in [1.165, 1.54) is 13.0 Å². The van der Waals surface area contributed by atoms with Crippen LogP contribution >= 0.6 is 0 Å². The van der Waals surface area contributed by atoms with Crippen molar-refractivity contribution in [3.8, 4) is 5.75 Å². The predicted molar refractivity (Wildman–Crippen MR) is 48.5 cm³/mol. The van der Waals surface area contributed by atoms with E-state index in [4.69, 9.17) is 0 Å². The van der Waals surface area contributed by atoms with Crippen molar-refractivity contribution in [1.82, 2.24) is 0 Å². The van der Waals surface area contributed by atoms with Gasteiger partial charge in [0.1, 0.15) is 11.4 Å². The van der Waals surface area contributed by atoms with Gasteiger partial charge < -0.3 is 15.0 Å². The molecule has 1 aromatic carbocycles. The molecule has 1 atom stereocenters. The maximum Gasteiger partial charge on any atom is 0.151 e. The Kier molecular flexibility index (Phi) is 2.68. The highest BCUT2D eigenvalue weighted by Crippen LogP contribution is 2.20. The maximum atomic E-state index is 10.4. The van der Waals surface area contributed by atoms with Crippen molar-refractivity contribution in [2.75, 3.05) is 0 Å². The van der Waals surface area contributed by atoms with Gasteiger partial charge in [-0.25, -0.2) is 0 Å². The Balaban J connectivity index is 2.86. The summed E-state index contributed by atoms with van der Waals surface area (Å²) >= 11 is 0. The lowest BCUT2D eigenvalue weighted by molar-refractivity contribution is -0.122. The number of hydrogen-bond acceptors (Lipinski definition) is 3. The van der Waals surface area contributed by atoms with Crippen molar-refractivity contribution in [3.05, 3.63) is 29.8 Å². The van der Waals surface area contributed by atoms with Crippen LogP contribution < -0.4 is 0 Å². The first-order valence-electron chi connectivity index (χ1n) is 4.01. The molecule has 1 rings (SSSR count). The zero-order valence-electron chi connectivity index (χ0n) is 7.40. The third kappa shape index (κ3) is 2.56. The van der Waals surface area contributed by atoms with Crippen LogP contribution in [-0.4, -0.2) is 22.1 Å². The van der Waals surface area contributed by atoms with Gasteiger partial charge >= 0.3 is 0 Å². The number of aliphatic hydroxyl groups is 1. The van der Waals surface area contributed by atoms with Crippen molar-refractivity contribution in [2.24, 2.45) is 0 Å². The second-order valence-electron chi connectivity index (χ2n) is 3.28. The number of phenolic OH excluding ortho intramolecular Hbond substituents is 1. The summed E-state index contributed by atoms with van der Waals surface area (Å²) in [7, 11) is 0. The van der Waals surface area contributed by atoms with Crippen LogP contribution in [0, 0.1) is 0 Å². The van der Waals surface area contributed by atoms with Crippen molar-refractivity contribution in [3.63, 3.8) is 0 Å². The van der Waals surface area contributed by atoms with Gasteiger partial charge in [-0.3, -0.25) is 0 Å². The largest absolute Gasteiger partial charge is 0.508 e. The highest BCUT2D eigenvalue weighted by atomic mass is 16.3. The van der Waals surface area contributed by atoms with Gasteiger partial charge in [0, 0.05) is 6.42 Å². The second-order valence-corrected chi connectivity index (χ2v) is 3.28. The summed E-state index contributed by atoms with van der Waals surface area (Å²) in [6, 6.07) is 6.63. The normalized spacial score (nSPS) is 14.9. The van der Waals surface area contributed by atoms with E-state index in [9.17, 15) is 15.0 Å². The van der Waals surface area contributed by atoms with Crippen LogP contribution in [0.25, 0.3) is 0 Å². The van der Waals surface area contributed by atoms with Crippen molar-refractivity contribution < 1.29 is 15.0 Å². The number of benzene rings is 1. The monoisotopic (exact) mass is 180 g/mol. The molecule has 70 valence electrons. The van der Waals surface area contributed by atoms with E-state index < -0.39 is 5.60 Å². The minimum atomic E-state index is -1.40. The number of hydrogen-bond donors (Lipinski definition) is 2. The average Bonchev–Trinajstić information content (AvgIpc) is 2.09. The fourth-order valence-electron chi connectivity index (χ4n) is 1.09. The molecule has 3 nitrogen and oxygen atoms in total. The fourth-order valence-corrected chi connectivity index (χ4v) is 1.09. The van der Waals surface area contributed by atoms with Gasteiger partial charge in [-0.2, -0.15) is 0 Å². The van der Waals surface area contributed by atoms with Gasteiger partial charge in [-0.15, -0.1) is 0 Å². The van der Waals surface area contributed by atoms with Crippen molar-refractivity contribution in [2.45, 2.75) is 18.9 Å².